The van der Waals surface area contributed by atoms with Crippen molar-refractivity contribution in [3.05, 3.63) is 99.5 Å². The molecule has 0 aliphatic carbocycles. The average Bonchev–Trinajstić information content (AvgIpc) is 3.32. The summed E-state index contributed by atoms with van der Waals surface area (Å²) in [7, 11) is 0. The standard InChI is InChI=1S/C23H17N3O7/c27-21-19(22(28)25(23(29)24-21)13-18-5-3-11-32-18)12-16-4-1-2-6-20(16)33-14-15-7-9-17(10-8-15)26(30)31/h1-12H,13-14H2,(H,24,27,29). The second kappa shape index (κ2) is 9.18. The topological polar surface area (TPSA) is 132 Å². The number of furan rings is 1. The molecule has 4 rings (SSSR count). The molecule has 2 heterocycles. The lowest BCUT2D eigenvalue weighted by molar-refractivity contribution is -0.384. The lowest BCUT2D eigenvalue weighted by Crippen LogP contribution is -2.53. The zero-order chi connectivity index (χ0) is 23.4. The zero-order valence-electron chi connectivity index (χ0n) is 17.1. The zero-order valence-corrected chi connectivity index (χ0v) is 17.1. The van der Waals surface area contributed by atoms with Gasteiger partial charge >= 0.3 is 6.03 Å². The number of nitrogens with one attached hydrogen (secondary N) is 1. The van der Waals surface area contributed by atoms with Crippen molar-refractivity contribution >= 4 is 29.6 Å². The molecule has 3 aromatic rings. The van der Waals surface area contributed by atoms with Gasteiger partial charge < -0.3 is 9.15 Å². The van der Waals surface area contributed by atoms with Gasteiger partial charge in [-0.25, -0.2) is 4.79 Å². The number of non-ortho nitro benzene ring substituents is 1. The van der Waals surface area contributed by atoms with Crippen LogP contribution in [0.25, 0.3) is 6.08 Å². The first kappa shape index (κ1) is 21.5. The summed E-state index contributed by atoms with van der Waals surface area (Å²) in [4.78, 5) is 48.6. The predicted octanol–water partition coefficient (Wildman–Crippen LogP) is 3.43. The molecule has 1 aliphatic rings. The largest absolute Gasteiger partial charge is 0.488 e. The number of para-hydroxylation sites is 1. The van der Waals surface area contributed by atoms with E-state index in [1.54, 1.807) is 48.5 Å². The highest BCUT2D eigenvalue weighted by Gasteiger charge is 2.36. The number of nitro groups is 1. The Balaban J connectivity index is 1.55. The van der Waals surface area contributed by atoms with Crippen molar-refractivity contribution in [2.24, 2.45) is 0 Å². The quantitative estimate of drug-likeness (QED) is 0.254. The third kappa shape index (κ3) is 4.79. The monoisotopic (exact) mass is 447 g/mol. The Hall–Kier alpha value is -4.73. The van der Waals surface area contributed by atoms with Crippen LogP contribution in [0.15, 0.2) is 76.9 Å². The molecule has 1 aromatic heterocycles. The van der Waals surface area contributed by atoms with Gasteiger partial charge in [0.05, 0.1) is 17.7 Å². The summed E-state index contributed by atoms with van der Waals surface area (Å²) in [5.74, 6) is -0.798. The third-order valence-corrected chi connectivity index (χ3v) is 4.84. The van der Waals surface area contributed by atoms with Crippen LogP contribution in [0.1, 0.15) is 16.9 Å². The minimum atomic E-state index is -0.832. The van der Waals surface area contributed by atoms with E-state index >= 15 is 0 Å². The third-order valence-electron chi connectivity index (χ3n) is 4.84. The number of nitrogens with zero attached hydrogens (tertiary/aromatic N) is 2. The number of barbiturate groups is 1. The Labute approximate surface area is 187 Å². The van der Waals surface area contributed by atoms with Gasteiger partial charge in [-0.3, -0.25) is 29.9 Å². The molecule has 0 saturated carbocycles. The first-order valence-electron chi connectivity index (χ1n) is 9.79. The summed E-state index contributed by atoms with van der Waals surface area (Å²) in [5, 5.41) is 12.9. The Kier molecular flexibility index (Phi) is 5.98. The van der Waals surface area contributed by atoms with Crippen LogP contribution in [0.2, 0.25) is 0 Å². The predicted molar refractivity (Wildman–Crippen MR) is 115 cm³/mol. The number of ether oxygens (including phenoxy) is 1. The van der Waals surface area contributed by atoms with Gasteiger partial charge in [-0.2, -0.15) is 0 Å². The van der Waals surface area contributed by atoms with E-state index in [9.17, 15) is 24.5 Å². The van der Waals surface area contributed by atoms with Crippen LogP contribution in [-0.4, -0.2) is 27.7 Å². The second-order valence-electron chi connectivity index (χ2n) is 7.04. The van der Waals surface area contributed by atoms with Gasteiger partial charge in [0, 0.05) is 17.7 Å². The van der Waals surface area contributed by atoms with E-state index in [0.717, 1.165) is 4.90 Å². The van der Waals surface area contributed by atoms with E-state index in [4.69, 9.17) is 9.15 Å². The first-order chi connectivity index (χ1) is 15.9. The normalized spacial score (nSPS) is 15.0. The number of hydrogen-bond donors (Lipinski definition) is 1. The van der Waals surface area contributed by atoms with Gasteiger partial charge in [-0.15, -0.1) is 0 Å². The van der Waals surface area contributed by atoms with E-state index in [1.165, 1.54) is 24.5 Å². The van der Waals surface area contributed by atoms with E-state index < -0.39 is 22.8 Å². The Morgan fingerprint density at radius 3 is 2.48 bits per heavy atom. The van der Waals surface area contributed by atoms with E-state index in [-0.39, 0.29) is 24.4 Å². The van der Waals surface area contributed by atoms with E-state index in [0.29, 0.717) is 22.6 Å². The fourth-order valence-corrected chi connectivity index (χ4v) is 3.16. The Morgan fingerprint density at radius 2 is 1.79 bits per heavy atom. The molecule has 33 heavy (non-hydrogen) atoms. The molecule has 0 bridgehead atoms. The average molecular weight is 447 g/mol. The van der Waals surface area contributed by atoms with Crippen molar-refractivity contribution in [3.8, 4) is 5.75 Å². The van der Waals surface area contributed by atoms with Crippen LogP contribution < -0.4 is 10.1 Å². The van der Waals surface area contributed by atoms with Crippen LogP contribution in [0.4, 0.5) is 10.5 Å². The molecule has 2 aromatic carbocycles. The highest BCUT2D eigenvalue weighted by molar-refractivity contribution is 6.31. The van der Waals surface area contributed by atoms with Crippen molar-refractivity contribution in [1.82, 2.24) is 10.2 Å². The Morgan fingerprint density at radius 1 is 1.03 bits per heavy atom. The van der Waals surface area contributed by atoms with Gasteiger partial charge in [0.25, 0.3) is 17.5 Å². The molecule has 10 heteroatoms. The molecule has 0 radical (unpaired) electrons. The molecule has 166 valence electrons. The molecular weight excluding hydrogens is 430 g/mol. The molecular formula is C23H17N3O7. The molecule has 4 amide bonds. The van der Waals surface area contributed by atoms with Crippen molar-refractivity contribution in [1.29, 1.82) is 0 Å². The fourth-order valence-electron chi connectivity index (χ4n) is 3.16. The number of carbonyl (C=O) groups is 3. The minimum Gasteiger partial charge on any atom is -0.488 e. The number of rotatable bonds is 7. The molecule has 1 aliphatic heterocycles. The van der Waals surface area contributed by atoms with Crippen molar-refractivity contribution in [2.75, 3.05) is 0 Å². The van der Waals surface area contributed by atoms with Crippen LogP contribution in [-0.2, 0) is 22.7 Å². The smallest absolute Gasteiger partial charge is 0.331 e. The number of nitro benzene ring substituents is 1. The first-order valence-corrected chi connectivity index (χ1v) is 9.79. The minimum absolute atomic E-state index is 0.0284. The van der Waals surface area contributed by atoms with Gasteiger partial charge in [0.2, 0.25) is 0 Å². The van der Waals surface area contributed by atoms with Gasteiger partial charge in [-0.1, -0.05) is 18.2 Å². The maximum Gasteiger partial charge on any atom is 0.331 e. The maximum absolute atomic E-state index is 12.9. The highest BCUT2D eigenvalue weighted by atomic mass is 16.6. The molecule has 0 unspecified atom stereocenters. The van der Waals surface area contributed by atoms with Crippen molar-refractivity contribution in [3.63, 3.8) is 0 Å². The number of carbonyl (C=O) groups excluding carboxylic acids is 3. The molecule has 1 N–H and O–H groups in total. The highest BCUT2D eigenvalue weighted by Crippen LogP contribution is 2.25. The van der Waals surface area contributed by atoms with Crippen LogP contribution >= 0.6 is 0 Å². The summed E-state index contributed by atoms with van der Waals surface area (Å²) >= 11 is 0. The number of benzene rings is 2. The summed E-state index contributed by atoms with van der Waals surface area (Å²) in [6.45, 7) is -0.0119. The number of hydrogen-bond acceptors (Lipinski definition) is 7. The van der Waals surface area contributed by atoms with Gasteiger partial charge in [0.1, 0.15) is 23.7 Å². The van der Waals surface area contributed by atoms with Gasteiger partial charge in [0.15, 0.2) is 0 Å². The summed E-state index contributed by atoms with van der Waals surface area (Å²) in [5.41, 5.74) is 0.891. The van der Waals surface area contributed by atoms with Crippen LogP contribution in [0.5, 0.6) is 5.75 Å². The SMILES string of the molecule is O=C1NC(=O)N(Cc2ccco2)C(=O)C1=Cc1ccccc1OCc1ccc([N+](=O)[O-])cc1. The lowest BCUT2D eigenvalue weighted by Gasteiger charge is -2.25. The van der Waals surface area contributed by atoms with E-state index in [1.807, 2.05) is 0 Å². The van der Waals surface area contributed by atoms with E-state index in [2.05, 4.69) is 5.32 Å². The van der Waals surface area contributed by atoms with Crippen molar-refractivity contribution in [2.45, 2.75) is 13.2 Å². The summed E-state index contributed by atoms with van der Waals surface area (Å²) in [6, 6.07) is 15.1. The fraction of sp³-hybridized carbons (Fsp3) is 0.0870. The molecule has 0 spiro atoms. The number of imide groups is 2. The lowest BCUT2D eigenvalue weighted by atomic mass is 10.1. The van der Waals surface area contributed by atoms with Crippen LogP contribution in [0.3, 0.4) is 0 Å². The number of urea groups is 1. The molecule has 1 fully saturated rings. The Bertz CT molecular complexity index is 1250. The molecule has 10 nitrogen and oxygen atoms in total. The maximum atomic E-state index is 12.9. The summed E-state index contributed by atoms with van der Waals surface area (Å²) < 4.78 is 11.0. The number of amides is 4. The second-order valence-corrected chi connectivity index (χ2v) is 7.04. The van der Waals surface area contributed by atoms with Gasteiger partial charge in [-0.05, 0) is 42.0 Å². The molecule has 0 atom stereocenters. The van der Waals surface area contributed by atoms with Crippen molar-refractivity contribution < 1.29 is 28.5 Å². The van der Waals surface area contributed by atoms with Crippen LogP contribution in [0, 0.1) is 10.1 Å². The molecule has 1 saturated heterocycles. The summed E-state index contributed by atoms with van der Waals surface area (Å²) in [6.07, 6.45) is 2.77.